The summed E-state index contributed by atoms with van der Waals surface area (Å²) in [6, 6.07) is 10.6. The van der Waals surface area contributed by atoms with E-state index in [9.17, 15) is 10.2 Å². The summed E-state index contributed by atoms with van der Waals surface area (Å²) in [5.41, 5.74) is 2.21. The quantitative estimate of drug-likeness (QED) is 0.753. The SMILES string of the molecule is CC(C)(C)c1cc(O)cc(O)c1.COc1cc(OC)cc(C(C)(C)C)c1. The van der Waals surface area contributed by atoms with E-state index < -0.39 is 0 Å². The lowest BCUT2D eigenvalue weighted by Gasteiger charge is -2.20. The molecular weight excluding hydrogens is 328 g/mol. The smallest absolute Gasteiger partial charge is 0.122 e. The molecule has 0 aliphatic rings. The molecule has 0 saturated heterocycles. The van der Waals surface area contributed by atoms with Gasteiger partial charge in [0.05, 0.1) is 14.2 Å². The molecule has 2 N–H and O–H groups in total. The van der Waals surface area contributed by atoms with Gasteiger partial charge in [-0.05, 0) is 46.2 Å². The number of phenolic OH excluding ortho intramolecular Hbond substituents is 2. The van der Waals surface area contributed by atoms with Crippen LogP contribution in [0.3, 0.4) is 0 Å². The van der Waals surface area contributed by atoms with Crippen LogP contribution in [0.15, 0.2) is 36.4 Å². The number of aromatic hydroxyl groups is 2. The monoisotopic (exact) mass is 360 g/mol. The molecule has 0 atom stereocenters. The van der Waals surface area contributed by atoms with Crippen molar-refractivity contribution in [3.8, 4) is 23.0 Å². The maximum atomic E-state index is 9.20. The normalized spacial score (nSPS) is 11.4. The van der Waals surface area contributed by atoms with Crippen molar-refractivity contribution in [3.05, 3.63) is 47.5 Å². The highest BCUT2D eigenvalue weighted by atomic mass is 16.5. The molecule has 144 valence electrons. The highest BCUT2D eigenvalue weighted by Gasteiger charge is 2.16. The first-order valence-electron chi connectivity index (χ1n) is 8.64. The van der Waals surface area contributed by atoms with Gasteiger partial charge in [-0.15, -0.1) is 0 Å². The zero-order valence-electron chi connectivity index (χ0n) is 17.2. The van der Waals surface area contributed by atoms with Gasteiger partial charge in [0.1, 0.15) is 23.0 Å². The van der Waals surface area contributed by atoms with Crippen LogP contribution in [0.5, 0.6) is 23.0 Å². The molecule has 0 aromatic heterocycles. The van der Waals surface area contributed by atoms with Gasteiger partial charge in [-0.3, -0.25) is 0 Å². The Hall–Kier alpha value is -2.36. The largest absolute Gasteiger partial charge is 0.508 e. The van der Waals surface area contributed by atoms with Crippen molar-refractivity contribution in [3.63, 3.8) is 0 Å². The Morgan fingerprint density at radius 3 is 1.23 bits per heavy atom. The lowest BCUT2D eigenvalue weighted by atomic mass is 9.87. The van der Waals surface area contributed by atoms with E-state index in [2.05, 4.69) is 20.8 Å². The molecule has 4 nitrogen and oxygen atoms in total. The Labute approximate surface area is 157 Å². The number of benzene rings is 2. The van der Waals surface area contributed by atoms with Crippen LogP contribution in [0.4, 0.5) is 0 Å². The standard InChI is InChI=1S/C12H18O2.C10H14O2/c1-12(2,3)9-6-10(13-4)8-11(7-9)14-5;1-10(2,3)7-4-8(11)6-9(12)5-7/h6-8H,1-5H3;4-6,11-12H,1-3H3. The minimum atomic E-state index is -0.0454. The van der Waals surface area contributed by atoms with Gasteiger partial charge in [0, 0.05) is 12.1 Å². The molecule has 0 aliphatic heterocycles. The van der Waals surface area contributed by atoms with Crippen molar-refractivity contribution in [2.75, 3.05) is 14.2 Å². The molecule has 2 aromatic rings. The first kappa shape index (κ1) is 21.7. The van der Waals surface area contributed by atoms with Gasteiger partial charge in [0.25, 0.3) is 0 Å². The molecule has 0 saturated carbocycles. The molecular formula is C22H32O4. The molecule has 0 fully saturated rings. The van der Waals surface area contributed by atoms with E-state index in [1.165, 1.54) is 11.6 Å². The van der Waals surface area contributed by atoms with Crippen LogP contribution < -0.4 is 9.47 Å². The van der Waals surface area contributed by atoms with Crippen LogP contribution in [0.1, 0.15) is 52.7 Å². The fourth-order valence-corrected chi connectivity index (χ4v) is 2.27. The average molecular weight is 360 g/mol. The fourth-order valence-electron chi connectivity index (χ4n) is 2.27. The van der Waals surface area contributed by atoms with Gasteiger partial charge in [0.2, 0.25) is 0 Å². The predicted octanol–water partition coefficient (Wildman–Crippen LogP) is 5.40. The van der Waals surface area contributed by atoms with E-state index in [-0.39, 0.29) is 22.3 Å². The number of hydrogen-bond acceptors (Lipinski definition) is 4. The summed E-state index contributed by atoms with van der Waals surface area (Å²) < 4.78 is 10.4. The molecule has 0 aliphatic carbocycles. The highest BCUT2D eigenvalue weighted by molar-refractivity contribution is 5.41. The number of methoxy groups -OCH3 is 2. The van der Waals surface area contributed by atoms with Crippen LogP contribution >= 0.6 is 0 Å². The summed E-state index contributed by atoms with van der Waals surface area (Å²) >= 11 is 0. The summed E-state index contributed by atoms with van der Waals surface area (Å²) in [5.74, 6) is 1.91. The molecule has 0 heterocycles. The van der Waals surface area contributed by atoms with Gasteiger partial charge in [-0.1, -0.05) is 41.5 Å². The Morgan fingerprint density at radius 1 is 0.577 bits per heavy atom. The Balaban J connectivity index is 0.000000263. The van der Waals surface area contributed by atoms with Crippen LogP contribution in [-0.4, -0.2) is 24.4 Å². The van der Waals surface area contributed by atoms with Gasteiger partial charge >= 0.3 is 0 Å². The Morgan fingerprint density at radius 2 is 0.923 bits per heavy atom. The fraction of sp³-hybridized carbons (Fsp3) is 0.455. The molecule has 0 radical (unpaired) electrons. The summed E-state index contributed by atoms with van der Waals surface area (Å²) in [6.07, 6.45) is 0. The average Bonchev–Trinajstić information content (AvgIpc) is 2.52. The molecule has 2 aromatic carbocycles. The zero-order chi connectivity index (χ0) is 20.1. The second kappa shape index (κ2) is 8.35. The van der Waals surface area contributed by atoms with Crippen LogP contribution in [-0.2, 0) is 10.8 Å². The van der Waals surface area contributed by atoms with Gasteiger partial charge in [-0.2, -0.15) is 0 Å². The van der Waals surface area contributed by atoms with Gasteiger partial charge in [0.15, 0.2) is 0 Å². The van der Waals surface area contributed by atoms with E-state index in [4.69, 9.17) is 9.47 Å². The van der Waals surface area contributed by atoms with Crippen molar-refractivity contribution in [1.29, 1.82) is 0 Å². The van der Waals surface area contributed by atoms with Crippen molar-refractivity contribution >= 4 is 0 Å². The highest BCUT2D eigenvalue weighted by Crippen LogP contribution is 2.31. The maximum Gasteiger partial charge on any atom is 0.122 e. The molecule has 0 bridgehead atoms. The second-order valence-electron chi connectivity index (χ2n) is 8.34. The first-order valence-corrected chi connectivity index (χ1v) is 8.64. The van der Waals surface area contributed by atoms with Crippen LogP contribution in [0.25, 0.3) is 0 Å². The van der Waals surface area contributed by atoms with Gasteiger partial charge in [-0.25, -0.2) is 0 Å². The summed E-state index contributed by atoms with van der Waals surface area (Å²) in [5, 5.41) is 18.4. The predicted molar refractivity (Wildman–Crippen MR) is 107 cm³/mol. The summed E-state index contributed by atoms with van der Waals surface area (Å²) in [6.45, 7) is 12.6. The number of hydrogen-bond donors (Lipinski definition) is 2. The van der Waals surface area contributed by atoms with Crippen molar-refractivity contribution in [1.82, 2.24) is 0 Å². The topological polar surface area (TPSA) is 58.9 Å². The lowest BCUT2D eigenvalue weighted by molar-refractivity contribution is 0.391. The van der Waals surface area contributed by atoms with E-state index in [0.29, 0.717) is 0 Å². The number of ether oxygens (including phenoxy) is 2. The molecule has 0 unspecified atom stereocenters. The Bertz CT molecular complexity index is 679. The third kappa shape index (κ3) is 6.51. The third-order valence-electron chi connectivity index (χ3n) is 3.99. The molecule has 26 heavy (non-hydrogen) atoms. The minimum Gasteiger partial charge on any atom is -0.508 e. The van der Waals surface area contributed by atoms with E-state index in [1.54, 1.807) is 26.4 Å². The van der Waals surface area contributed by atoms with E-state index in [0.717, 1.165) is 17.1 Å². The zero-order valence-corrected chi connectivity index (χ0v) is 17.2. The Kier molecular flexibility index (Phi) is 6.96. The third-order valence-corrected chi connectivity index (χ3v) is 3.99. The van der Waals surface area contributed by atoms with E-state index >= 15 is 0 Å². The van der Waals surface area contributed by atoms with Crippen molar-refractivity contribution in [2.45, 2.75) is 52.4 Å². The number of rotatable bonds is 2. The van der Waals surface area contributed by atoms with Gasteiger partial charge < -0.3 is 19.7 Å². The lowest BCUT2D eigenvalue weighted by Crippen LogP contribution is -2.11. The summed E-state index contributed by atoms with van der Waals surface area (Å²) in [4.78, 5) is 0. The number of phenols is 2. The maximum absolute atomic E-state index is 9.20. The molecule has 2 rings (SSSR count). The van der Waals surface area contributed by atoms with Crippen LogP contribution in [0, 0.1) is 0 Å². The molecule has 0 amide bonds. The summed E-state index contributed by atoms with van der Waals surface area (Å²) in [7, 11) is 3.34. The van der Waals surface area contributed by atoms with Crippen molar-refractivity contribution in [2.24, 2.45) is 0 Å². The van der Waals surface area contributed by atoms with Crippen LogP contribution in [0.2, 0.25) is 0 Å². The molecule has 0 spiro atoms. The van der Waals surface area contributed by atoms with Crippen molar-refractivity contribution < 1.29 is 19.7 Å². The first-order chi connectivity index (χ1) is 11.9. The second-order valence-corrected chi connectivity index (χ2v) is 8.34. The minimum absolute atomic E-state index is 0.0454. The molecule has 4 heteroatoms. The van der Waals surface area contributed by atoms with E-state index in [1.807, 2.05) is 39.0 Å².